The van der Waals surface area contributed by atoms with Gasteiger partial charge in [0.1, 0.15) is 0 Å². The molecule has 0 bridgehead atoms. The molecule has 0 fully saturated rings. The summed E-state index contributed by atoms with van der Waals surface area (Å²) in [5.41, 5.74) is 6.80. The van der Waals surface area contributed by atoms with Crippen molar-refractivity contribution in [2.75, 3.05) is 5.75 Å². The Morgan fingerprint density at radius 2 is 2.07 bits per heavy atom. The van der Waals surface area contributed by atoms with Gasteiger partial charge in [-0.25, -0.2) is 0 Å². The van der Waals surface area contributed by atoms with Crippen molar-refractivity contribution in [3.05, 3.63) is 42.5 Å². The summed E-state index contributed by atoms with van der Waals surface area (Å²) in [6.45, 7) is 5.56. The van der Waals surface area contributed by atoms with Gasteiger partial charge in [0.25, 0.3) is 0 Å². The van der Waals surface area contributed by atoms with Crippen LogP contribution in [0.25, 0.3) is 0 Å². The highest BCUT2D eigenvalue weighted by molar-refractivity contribution is 7.85. The van der Waals surface area contributed by atoms with Gasteiger partial charge in [0.2, 0.25) is 0 Å². The summed E-state index contributed by atoms with van der Waals surface area (Å²) in [7, 11) is -1.02. The van der Waals surface area contributed by atoms with Gasteiger partial charge in [0.15, 0.2) is 0 Å². The Morgan fingerprint density at radius 3 is 2.57 bits per heavy atom. The van der Waals surface area contributed by atoms with Gasteiger partial charge in [0.05, 0.1) is 10.8 Å². The molecule has 2 atom stereocenters. The zero-order valence-electron chi connectivity index (χ0n) is 8.27. The van der Waals surface area contributed by atoms with Gasteiger partial charge in [0, 0.05) is 16.7 Å². The number of hydrogen-bond donors (Lipinski definition) is 1. The van der Waals surface area contributed by atoms with Crippen molar-refractivity contribution in [3.63, 3.8) is 0 Å². The first-order chi connectivity index (χ1) is 6.63. The molecule has 2 N–H and O–H groups in total. The van der Waals surface area contributed by atoms with Crippen molar-refractivity contribution in [2.24, 2.45) is 5.73 Å². The largest absolute Gasteiger partial charge is 0.324 e. The van der Waals surface area contributed by atoms with Crippen LogP contribution in [0, 0.1) is 6.92 Å². The minimum atomic E-state index is -1.02. The molecule has 0 spiro atoms. The lowest BCUT2D eigenvalue weighted by molar-refractivity contribution is 0.680. The highest BCUT2D eigenvalue weighted by Crippen LogP contribution is 2.08. The second-order valence-corrected chi connectivity index (χ2v) is 4.72. The molecule has 2 nitrogen and oxygen atoms in total. The third-order valence-electron chi connectivity index (χ3n) is 1.93. The second kappa shape index (κ2) is 5.08. The molecule has 0 aliphatic heterocycles. The Labute approximate surface area is 87.3 Å². The van der Waals surface area contributed by atoms with Crippen molar-refractivity contribution < 1.29 is 4.21 Å². The first-order valence-corrected chi connectivity index (χ1v) is 5.78. The Bertz CT molecular complexity index is 332. The molecule has 0 heterocycles. The predicted molar refractivity (Wildman–Crippen MR) is 60.6 cm³/mol. The lowest BCUT2D eigenvalue weighted by atomic mass is 10.2. The van der Waals surface area contributed by atoms with Crippen molar-refractivity contribution in [1.82, 2.24) is 0 Å². The highest BCUT2D eigenvalue weighted by atomic mass is 32.2. The molecule has 0 saturated carbocycles. The average Bonchev–Trinajstić information content (AvgIpc) is 2.18. The molecule has 1 rings (SSSR count). The lowest BCUT2D eigenvalue weighted by Gasteiger charge is -2.06. The van der Waals surface area contributed by atoms with E-state index in [0.717, 1.165) is 4.90 Å². The lowest BCUT2D eigenvalue weighted by Crippen LogP contribution is -2.24. The second-order valence-electron chi connectivity index (χ2n) is 3.22. The van der Waals surface area contributed by atoms with E-state index in [-0.39, 0.29) is 6.04 Å². The van der Waals surface area contributed by atoms with E-state index in [1.165, 1.54) is 5.56 Å². The normalized spacial score (nSPS) is 14.7. The zero-order chi connectivity index (χ0) is 10.6. The molecule has 3 heteroatoms. The number of rotatable bonds is 4. The minimum Gasteiger partial charge on any atom is -0.324 e. The van der Waals surface area contributed by atoms with Crippen LogP contribution in [0.3, 0.4) is 0 Å². The number of nitrogens with two attached hydrogens (primary N) is 1. The molecule has 0 radical (unpaired) electrons. The molecular formula is C11H15NOS. The van der Waals surface area contributed by atoms with E-state index >= 15 is 0 Å². The number of benzene rings is 1. The van der Waals surface area contributed by atoms with Crippen LogP contribution < -0.4 is 5.73 Å². The Hall–Kier alpha value is -0.930. The first-order valence-electron chi connectivity index (χ1n) is 4.46. The molecule has 0 aliphatic rings. The molecule has 14 heavy (non-hydrogen) atoms. The molecule has 0 amide bonds. The Kier molecular flexibility index (Phi) is 4.04. The van der Waals surface area contributed by atoms with Gasteiger partial charge in [-0.3, -0.25) is 4.21 Å². The van der Waals surface area contributed by atoms with Crippen LogP contribution in [-0.2, 0) is 10.8 Å². The van der Waals surface area contributed by atoms with Crippen LogP contribution >= 0.6 is 0 Å². The minimum absolute atomic E-state index is 0.197. The van der Waals surface area contributed by atoms with Gasteiger partial charge in [-0.1, -0.05) is 23.8 Å². The van der Waals surface area contributed by atoms with Gasteiger partial charge < -0.3 is 5.73 Å². The third-order valence-corrected chi connectivity index (χ3v) is 3.42. The summed E-state index contributed by atoms with van der Waals surface area (Å²) < 4.78 is 11.7. The van der Waals surface area contributed by atoms with E-state index in [2.05, 4.69) is 6.58 Å². The molecule has 76 valence electrons. The van der Waals surface area contributed by atoms with Gasteiger partial charge in [-0.05, 0) is 19.1 Å². The average molecular weight is 209 g/mol. The van der Waals surface area contributed by atoms with Crippen LogP contribution in [-0.4, -0.2) is 16.0 Å². The summed E-state index contributed by atoms with van der Waals surface area (Å²) in [5, 5.41) is 0. The smallest absolute Gasteiger partial charge is 0.0548 e. The summed E-state index contributed by atoms with van der Waals surface area (Å²) in [4.78, 5) is 0.827. The Balaban J connectivity index is 2.70. The highest BCUT2D eigenvalue weighted by Gasteiger charge is 2.06. The van der Waals surface area contributed by atoms with Gasteiger partial charge >= 0.3 is 0 Å². The van der Waals surface area contributed by atoms with E-state index in [4.69, 9.17) is 5.73 Å². The standard InChI is InChI=1S/C11H15NOS/c1-3-10(12)8-14(13)11-6-4-9(2)5-7-11/h3-7,10H,1,8,12H2,2H3/t10-,14+/m1/s1. The molecule has 1 aromatic rings. The summed E-state index contributed by atoms with van der Waals surface area (Å²) in [6, 6.07) is 7.46. The fourth-order valence-corrected chi connectivity index (χ4v) is 2.15. The fourth-order valence-electron chi connectivity index (χ4n) is 1.03. The third kappa shape index (κ3) is 3.09. The zero-order valence-corrected chi connectivity index (χ0v) is 9.09. The van der Waals surface area contributed by atoms with Crippen molar-refractivity contribution in [3.8, 4) is 0 Å². The molecule has 0 aromatic heterocycles. The SMILES string of the molecule is C=C[C@@H](N)C[S@](=O)c1ccc(C)cc1. The molecule has 0 unspecified atom stereocenters. The number of hydrogen-bond acceptors (Lipinski definition) is 2. The molecular weight excluding hydrogens is 194 g/mol. The van der Waals surface area contributed by atoms with E-state index in [0.29, 0.717) is 5.75 Å². The van der Waals surface area contributed by atoms with E-state index in [1.807, 2.05) is 31.2 Å². The van der Waals surface area contributed by atoms with Crippen LogP contribution in [0.5, 0.6) is 0 Å². The monoisotopic (exact) mass is 209 g/mol. The maximum absolute atomic E-state index is 11.7. The predicted octanol–water partition coefficient (Wildman–Crippen LogP) is 1.62. The van der Waals surface area contributed by atoms with E-state index < -0.39 is 10.8 Å². The van der Waals surface area contributed by atoms with Crippen LogP contribution in [0.2, 0.25) is 0 Å². The van der Waals surface area contributed by atoms with Crippen LogP contribution in [0.15, 0.2) is 41.8 Å². The first kappa shape index (κ1) is 11.1. The summed E-state index contributed by atoms with van der Waals surface area (Å²) >= 11 is 0. The summed E-state index contributed by atoms with van der Waals surface area (Å²) in [5.74, 6) is 0.437. The molecule has 1 aromatic carbocycles. The van der Waals surface area contributed by atoms with Crippen molar-refractivity contribution in [1.29, 1.82) is 0 Å². The maximum atomic E-state index is 11.7. The topological polar surface area (TPSA) is 43.1 Å². The Morgan fingerprint density at radius 1 is 1.50 bits per heavy atom. The van der Waals surface area contributed by atoms with Gasteiger partial charge in [-0.2, -0.15) is 0 Å². The quantitative estimate of drug-likeness (QED) is 0.766. The van der Waals surface area contributed by atoms with Crippen LogP contribution in [0.4, 0.5) is 0 Å². The van der Waals surface area contributed by atoms with E-state index in [1.54, 1.807) is 6.08 Å². The fraction of sp³-hybridized carbons (Fsp3) is 0.273. The van der Waals surface area contributed by atoms with E-state index in [9.17, 15) is 4.21 Å². The maximum Gasteiger partial charge on any atom is 0.0548 e. The molecule has 0 aliphatic carbocycles. The van der Waals surface area contributed by atoms with Crippen molar-refractivity contribution >= 4 is 10.8 Å². The summed E-state index contributed by atoms with van der Waals surface area (Å²) in [6.07, 6.45) is 1.62. The van der Waals surface area contributed by atoms with Crippen molar-refractivity contribution in [2.45, 2.75) is 17.9 Å². The number of aryl methyl sites for hydroxylation is 1. The van der Waals surface area contributed by atoms with Crippen LogP contribution in [0.1, 0.15) is 5.56 Å². The van der Waals surface area contributed by atoms with Gasteiger partial charge in [-0.15, -0.1) is 6.58 Å². The molecule has 0 saturated heterocycles.